The zero-order chi connectivity index (χ0) is 32.5. The molecule has 0 bridgehead atoms. The Morgan fingerprint density at radius 3 is 1.32 bits per heavy atom. The molecule has 258 valence electrons. The second-order valence-corrected chi connectivity index (χ2v) is 16.0. The first-order chi connectivity index (χ1) is 23.0. The lowest BCUT2D eigenvalue weighted by Crippen LogP contribution is -2.37. The molecule has 0 unspecified atom stereocenters. The van der Waals surface area contributed by atoms with Gasteiger partial charge in [0.1, 0.15) is 5.78 Å². The average molecular weight is 641 g/mol. The lowest BCUT2D eigenvalue weighted by atomic mass is 9.69. The van der Waals surface area contributed by atoms with E-state index in [0.29, 0.717) is 5.78 Å². The Morgan fingerprint density at radius 1 is 0.532 bits per heavy atom. The molecule has 47 heavy (non-hydrogen) atoms. The largest absolute Gasteiger partial charge is 0.348 e. The molecule has 5 aliphatic rings. The fourth-order valence-corrected chi connectivity index (χ4v) is 10.1. The van der Waals surface area contributed by atoms with Gasteiger partial charge < -0.3 is 9.47 Å². The zero-order valence-corrected chi connectivity index (χ0v) is 29.9. The molecule has 3 nitrogen and oxygen atoms in total. The predicted molar refractivity (Wildman–Crippen MR) is 194 cm³/mol. The van der Waals surface area contributed by atoms with Crippen LogP contribution in [0.15, 0.2) is 48.5 Å². The molecule has 1 saturated heterocycles. The lowest BCUT2D eigenvalue weighted by molar-refractivity contribution is -0.185. The fourth-order valence-electron chi connectivity index (χ4n) is 10.1. The number of ketones is 1. The van der Waals surface area contributed by atoms with Gasteiger partial charge in [0.2, 0.25) is 0 Å². The van der Waals surface area contributed by atoms with Crippen LogP contribution < -0.4 is 0 Å². The number of hydrogen-bond acceptors (Lipinski definition) is 3. The highest BCUT2D eigenvalue weighted by Gasteiger charge is 2.42. The Morgan fingerprint density at radius 2 is 0.915 bits per heavy atom. The van der Waals surface area contributed by atoms with Gasteiger partial charge in [-0.1, -0.05) is 75.2 Å². The summed E-state index contributed by atoms with van der Waals surface area (Å²) < 4.78 is 11.8. The van der Waals surface area contributed by atoms with Crippen molar-refractivity contribution in [2.24, 2.45) is 23.7 Å². The van der Waals surface area contributed by atoms with Crippen LogP contribution in [0, 0.1) is 23.7 Å². The molecule has 0 N–H and O–H groups in total. The van der Waals surface area contributed by atoms with Crippen molar-refractivity contribution < 1.29 is 14.3 Å². The summed E-state index contributed by atoms with van der Waals surface area (Å²) in [7, 11) is 0. The Labute approximate surface area is 287 Å². The van der Waals surface area contributed by atoms with Crippen molar-refractivity contribution in [2.75, 3.05) is 13.2 Å². The van der Waals surface area contributed by atoms with E-state index < -0.39 is 0 Å². The minimum absolute atomic E-state index is 0.187. The summed E-state index contributed by atoms with van der Waals surface area (Å²) in [6, 6.07) is 18.9. The summed E-state index contributed by atoms with van der Waals surface area (Å²) >= 11 is 0. The number of carbonyl (C=O) groups excluding carboxylic acids is 1. The molecule has 1 aliphatic heterocycles. The van der Waals surface area contributed by atoms with Crippen LogP contribution in [-0.2, 0) is 27.1 Å². The van der Waals surface area contributed by atoms with Crippen LogP contribution in [0.3, 0.4) is 0 Å². The second kappa shape index (κ2) is 17.1. The smallest absolute Gasteiger partial charge is 0.168 e. The molecule has 2 aromatic rings. The zero-order valence-electron chi connectivity index (χ0n) is 29.9. The molecule has 0 atom stereocenters. The van der Waals surface area contributed by atoms with Crippen molar-refractivity contribution in [1.82, 2.24) is 0 Å². The highest BCUT2D eigenvalue weighted by molar-refractivity contribution is 5.79. The van der Waals surface area contributed by atoms with Crippen LogP contribution in [-0.4, -0.2) is 24.8 Å². The third-order valence-electron chi connectivity index (χ3n) is 13.1. The van der Waals surface area contributed by atoms with Crippen LogP contribution >= 0.6 is 0 Å². The van der Waals surface area contributed by atoms with E-state index in [2.05, 4.69) is 62.4 Å². The lowest BCUT2D eigenvalue weighted by Gasteiger charge is -2.41. The number of hydrogen-bond donors (Lipinski definition) is 0. The molecule has 4 aliphatic carbocycles. The number of aryl methyl sites for hydroxylation is 2. The van der Waals surface area contributed by atoms with Crippen molar-refractivity contribution in [2.45, 2.75) is 160 Å². The summed E-state index contributed by atoms with van der Waals surface area (Å²) in [6.45, 7) is 6.10. The fraction of sp³-hybridized carbons (Fsp3) is 0.705. The monoisotopic (exact) mass is 640 g/mol. The van der Waals surface area contributed by atoms with Crippen LogP contribution in [0.4, 0.5) is 0 Å². The van der Waals surface area contributed by atoms with Crippen molar-refractivity contribution in [3.8, 4) is 0 Å². The van der Waals surface area contributed by atoms with Gasteiger partial charge in [-0.25, -0.2) is 0 Å². The van der Waals surface area contributed by atoms with Crippen LogP contribution in [0.25, 0.3) is 0 Å². The van der Waals surface area contributed by atoms with Gasteiger partial charge in [-0.15, -0.1) is 0 Å². The van der Waals surface area contributed by atoms with E-state index in [-0.39, 0.29) is 5.79 Å². The quantitative estimate of drug-likeness (QED) is 0.288. The van der Waals surface area contributed by atoms with Crippen molar-refractivity contribution in [3.63, 3.8) is 0 Å². The SMILES string of the molecule is CCCc1ccc(C2CCC(C3CCC(=O)CC3)CC2)cc1.CCCc1ccc(C2CCC(C3CCC4(CC3)OCCO4)CC2)cc1. The third kappa shape index (κ3) is 9.39. The number of Topliss-reactive ketones (excluding diaryl/α,β-unsaturated/α-hetero) is 1. The molecule has 1 spiro atoms. The highest BCUT2D eigenvalue weighted by atomic mass is 16.7. The highest BCUT2D eigenvalue weighted by Crippen LogP contribution is 2.47. The number of carbonyl (C=O) groups is 1. The maximum Gasteiger partial charge on any atom is 0.168 e. The van der Waals surface area contributed by atoms with Gasteiger partial charge in [0.05, 0.1) is 13.2 Å². The first-order valence-electron chi connectivity index (χ1n) is 20.0. The molecule has 1 heterocycles. The van der Waals surface area contributed by atoms with Gasteiger partial charge in [-0.3, -0.25) is 4.79 Å². The van der Waals surface area contributed by atoms with E-state index in [4.69, 9.17) is 9.47 Å². The van der Waals surface area contributed by atoms with E-state index in [1.807, 2.05) is 0 Å². The molecule has 5 fully saturated rings. The van der Waals surface area contributed by atoms with E-state index in [1.54, 1.807) is 11.1 Å². The number of ether oxygens (including phenoxy) is 2. The van der Waals surface area contributed by atoms with Crippen molar-refractivity contribution in [3.05, 3.63) is 70.8 Å². The van der Waals surface area contributed by atoms with E-state index in [1.165, 1.54) is 114 Å². The normalized spacial score (nSPS) is 28.6. The Hall–Kier alpha value is -1.97. The number of benzene rings is 2. The maximum atomic E-state index is 11.4. The molecule has 3 heteroatoms. The topological polar surface area (TPSA) is 35.5 Å². The maximum absolute atomic E-state index is 11.4. The van der Waals surface area contributed by atoms with Crippen LogP contribution in [0.5, 0.6) is 0 Å². The van der Waals surface area contributed by atoms with Crippen LogP contribution in [0.2, 0.25) is 0 Å². The van der Waals surface area contributed by atoms with Gasteiger partial charge in [-0.05, 0) is 148 Å². The minimum Gasteiger partial charge on any atom is -0.348 e. The van der Waals surface area contributed by atoms with Crippen molar-refractivity contribution in [1.29, 1.82) is 0 Å². The molecular formula is C44H64O3. The van der Waals surface area contributed by atoms with Gasteiger partial charge >= 0.3 is 0 Å². The van der Waals surface area contributed by atoms with E-state index in [0.717, 1.165) is 74.4 Å². The average Bonchev–Trinajstić information content (AvgIpc) is 3.58. The molecule has 2 aromatic carbocycles. The second-order valence-electron chi connectivity index (χ2n) is 16.0. The number of rotatable bonds is 8. The first-order valence-corrected chi connectivity index (χ1v) is 20.0. The molecule has 0 aromatic heterocycles. The molecule has 0 amide bonds. The standard InChI is InChI=1S/C23H34O2.C21H30O/c1-2-3-18-4-6-19(7-5-18)20-8-10-21(11-9-20)22-12-14-23(15-13-22)24-16-17-25-23;1-2-3-16-4-6-17(7-5-16)18-8-10-19(11-9-18)20-12-14-21(22)15-13-20/h4-7,20-22H,2-3,8-17H2,1H3;4-7,18-20H,2-3,8-15H2,1H3. The third-order valence-corrected chi connectivity index (χ3v) is 13.1. The molecular weight excluding hydrogens is 576 g/mol. The van der Waals surface area contributed by atoms with Gasteiger partial charge in [0.25, 0.3) is 0 Å². The predicted octanol–water partition coefficient (Wildman–Crippen LogP) is 11.5. The molecule has 0 radical (unpaired) electrons. The van der Waals surface area contributed by atoms with Gasteiger partial charge in [0.15, 0.2) is 5.79 Å². The van der Waals surface area contributed by atoms with E-state index >= 15 is 0 Å². The van der Waals surface area contributed by atoms with Gasteiger partial charge in [0, 0.05) is 25.7 Å². The van der Waals surface area contributed by atoms with Gasteiger partial charge in [-0.2, -0.15) is 0 Å². The Balaban J connectivity index is 0.000000166. The van der Waals surface area contributed by atoms with E-state index in [9.17, 15) is 4.79 Å². The Bertz CT molecular complexity index is 1190. The Kier molecular flexibility index (Phi) is 12.7. The molecule has 4 saturated carbocycles. The van der Waals surface area contributed by atoms with Crippen molar-refractivity contribution >= 4 is 5.78 Å². The summed E-state index contributed by atoms with van der Waals surface area (Å²) in [5.74, 6) is 5.46. The first kappa shape index (κ1) is 34.9. The molecule has 7 rings (SSSR count). The summed E-state index contributed by atoms with van der Waals surface area (Å²) in [5.41, 5.74) is 6.10. The van der Waals surface area contributed by atoms with Crippen LogP contribution in [0.1, 0.15) is 164 Å². The summed E-state index contributed by atoms with van der Waals surface area (Å²) in [4.78, 5) is 11.4. The summed E-state index contributed by atoms with van der Waals surface area (Å²) in [6.07, 6.45) is 24.8. The minimum atomic E-state index is -0.187. The summed E-state index contributed by atoms with van der Waals surface area (Å²) in [5, 5.41) is 0.